The lowest BCUT2D eigenvalue weighted by molar-refractivity contribution is 0.354. The van der Waals surface area contributed by atoms with Crippen LogP contribution in [0.25, 0.3) is 0 Å². The zero-order valence-corrected chi connectivity index (χ0v) is 12.4. The van der Waals surface area contributed by atoms with E-state index >= 15 is 0 Å². The Morgan fingerprint density at radius 2 is 1.95 bits per heavy atom. The lowest BCUT2D eigenvalue weighted by atomic mass is 10.2. The van der Waals surface area contributed by atoms with E-state index in [9.17, 15) is 8.42 Å². The number of rotatable bonds is 4. The maximum atomic E-state index is 12.1. The molecule has 0 spiro atoms. The largest absolute Gasteiger partial charge is 0.314 e. The molecule has 0 amide bonds. The fraction of sp³-hybridized carbons (Fsp3) is 0.727. The van der Waals surface area contributed by atoms with Crippen LogP contribution in [0, 0.1) is 13.8 Å². The van der Waals surface area contributed by atoms with Gasteiger partial charge in [0.25, 0.3) is 10.2 Å². The molecule has 0 bridgehead atoms. The number of hydrogen-bond donors (Lipinski definition) is 2. The molecule has 7 nitrogen and oxygen atoms in total. The van der Waals surface area contributed by atoms with E-state index in [1.807, 2.05) is 20.9 Å². The van der Waals surface area contributed by atoms with Crippen molar-refractivity contribution in [2.24, 2.45) is 7.05 Å². The summed E-state index contributed by atoms with van der Waals surface area (Å²) in [6.45, 7) is 6.55. The third-order valence-electron chi connectivity index (χ3n) is 3.51. The van der Waals surface area contributed by atoms with E-state index in [1.54, 1.807) is 4.68 Å². The van der Waals surface area contributed by atoms with Gasteiger partial charge in [-0.1, -0.05) is 0 Å². The number of hydrogen-bond acceptors (Lipinski definition) is 4. The van der Waals surface area contributed by atoms with Gasteiger partial charge >= 0.3 is 0 Å². The Balaban J connectivity index is 2.05. The topological polar surface area (TPSA) is 79.3 Å². The average molecular weight is 287 g/mol. The second-order valence-corrected chi connectivity index (χ2v) is 6.50. The van der Waals surface area contributed by atoms with Crippen LogP contribution in [0.5, 0.6) is 0 Å². The molecule has 1 aliphatic heterocycles. The van der Waals surface area contributed by atoms with E-state index in [1.165, 1.54) is 4.31 Å². The molecule has 1 saturated heterocycles. The van der Waals surface area contributed by atoms with Crippen molar-refractivity contribution in [2.45, 2.75) is 20.4 Å². The number of nitrogens with zero attached hydrogens (tertiary/aromatic N) is 3. The second kappa shape index (κ2) is 5.58. The predicted molar refractivity (Wildman–Crippen MR) is 72.9 cm³/mol. The highest BCUT2D eigenvalue weighted by atomic mass is 32.2. The average Bonchev–Trinajstić information content (AvgIpc) is 2.62. The van der Waals surface area contributed by atoms with Crippen LogP contribution in [0.3, 0.4) is 0 Å². The van der Waals surface area contributed by atoms with Crippen molar-refractivity contribution in [3.05, 3.63) is 17.0 Å². The van der Waals surface area contributed by atoms with Crippen LogP contribution in [0.4, 0.5) is 0 Å². The smallest absolute Gasteiger partial charge is 0.279 e. The van der Waals surface area contributed by atoms with E-state index in [2.05, 4.69) is 15.1 Å². The van der Waals surface area contributed by atoms with Gasteiger partial charge in [0, 0.05) is 51.0 Å². The van der Waals surface area contributed by atoms with Crippen molar-refractivity contribution in [1.82, 2.24) is 24.1 Å². The fourth-order valence-electron chi connectivity index (χ4n) is 2.21. The van der Waals surface area contributed by atoms with Gasteiger partial charge in [0.15, 0.2) is 0 Å². The van der Waals surface area contributed by atoms with Crippen LogP contribution < -0.4 is 10.0 Å². The van der Waals surface area contributed by atoms with Crippen molar-refractivity contribution in [3.63, 3.8) is 0 Å². The first-order chi connectivity index (χ1) is 8.92. The molecule has 108 valence electrons. The molecule has 1 fully saturated rings. The lowest BCUT2D eigenvalue weighted by Gasteiger charge is -2.26. The van der Waals surface area contributed by atoms with Crippen LogP contribution >= 0.6 is 0 Å². The minimum absolute atomic E-state index is 0.289. The molecule has 0 aromatic carbocycles. The van der Waals surface area contributed by atoms with Gasteiger partial charge in [-0.3, -0.25) is 4.68 Å². The van der Waals surface area contributed by atoms with Crippen molar-refractivity contribution >= 4 is 10.2 Å². The Kier molecular flexibility index (Phi) is 4.24. The summed E-state index contributed by atoms with van der Waals surface area (Å²) in [5.74, 6) is 0. The van der Waals surface area contributed by atoms with Gasteiger partial charge < -0.3 is 5.32 Å². The Morgan fingerprint density at radius 1 is 1.32 bits per heavy atom. The molecule has 19 heavy (non-hydrogen) atoms. The fourth-order valence-corrected chi connectivity index (χ4v) is 3.39. The molecule has 0 radical (unpaired) electrons. The van der Waals surface area contributed by atoms with Crippen molar-refractivity contribution in [2.75, 3.05) is 26.2 Å². The molecule has 1 aromatic heterocycles. The van der Waals surface area contributed by atoms with Crippen molar-refractivity contribution in [1.29, 1.82) is 0 Å². The molecule has 0 aliphatic carbocycles. The molecule has 0 atom stereocenters. The van der Waals surface area contributed by atoms with Gasteiger partial charge in [0.1, 0.15) is 0 Å². The van der Waals surface area contributed by atoms with E-state index in [0.717, 1.165) is 17.0 Å². The van der Waals surface area contributed by atoms with E-state index in [0.29, 0.717) is 26.2 Å². The normalized spacial score (nSPS) is 17.8. The summed E-state index contributed by atoms with van der Waals surface area (Å²) >= 11 is 0. The van der Waals surface area contributed by atoms with Gasteiger partial charge in [-0.15, -0.1) is 0 Å². The summed E-state index contributed by atoms with van der Waals surface area (Å²) in [5, 5.41) is 7.42. The van der Waals surface area contributed by atoms with E-state index in [-0.39, 0.29) is 6.54 Å². The summed E-state index contributed by atoms with van der Waals surface area (Å²) in [6.07, 6.45) is 0. The van der Waals surface area contributed by atoms with Crippen LogP contribution in [-0.4, -0.2) is 48.7 Å². The molecule has 1 aliphatic rings. The number of aryl methyl sites for hydroxylation is 2. The number of piperazine rings is 1. The molecule has 2 heterocycles. The van der Waals surface area contributed by atoms with Gasteiger partial charge in [-0.25, -0.2) is 0 Å². The maximum Gasteiger partial charge on any atom is 0.279 e. The zero-order valence-electron chi connectivity index (χ0n) is 11.6. The van der Waals surface area contributed by atoms with Gasteiger partial charge in [0.05, 0.1) is 5.69 Å². The first kappa shape index (κ1) is 14.4. The summed E-state index contributed by atoms with van der Waals surface area (Å²) in [4.78, 5) is 0. The summed E-state index contributed by atoms with van der Waals surface area (Å²) in [5.41, 5.74) is 2.80. The summed E-state index contributed by atoms with van der Waals surface area (Å²) < 4.78 is 30.2. The highest BCUT2D eigenvalue weighted by Crippen LogP contribution is 2.12. The molecule has 0 saturated carbocycles. The summed E-state index contributed by atoms with van der Waals surface area (Å²) in [6, 6.07) is 0. The Bertz CT molecular complexity index is 546. The number of aromatic nitrogens is 2. The van der Waals surface area contributed by atoms with Crippen LogP contribution in [0.15, 0.2) is 0 Å². The van der Waals surface area contributed by atoms with E-state index in [4.69, 9.17) is 0 Å². The minimum Gasteiger partial charge on any atom is -0.314 e. The minimum atomic E-state index is -3.40. The van der Waals surface area contributed by atoms with Crippen LogP contribution in [-0.2, 0) is 23.8 Å². The first-order valence-electron chi connectivity index (χ1n) is 6.36. The van der Waals surface area contributed by atoms with Crippen LogP contribution in [0.2, 0.25) is 0 Å². The molecule has 8 heteroatoms. The zero-order chi connectivity index (χ0) is 14.0. The molecule has 1 aromatic rings. The van der Waals surface area contributed by atoms with Crippen molar-refractivity contribution in [3.8, 4) is 0 Å². The lowest BCUT2D eigenvalue weighted by Crippen LogP contribution is -2.50. The Morgan fingerprint density at radius 3 is 2.47 bits per heavy atom. The van der Waals surface area contributed by atoms with Crippen molar-refractivity contribution < 1.29 is 8.42 Å². The second-order valence-electron chi connectivity index (χ2n) is 4.75. The van der Waals surface area contributed by atoms with E-state index < -0.39 is 10.2 Å². The maximum absolute atomic E-state index is 12.1. The quantitative estimate of drug-likeness (QED) is 0.766. The third kappa shape index (κ3) is 3.14. The highest BCUT2D eigenvalue weighted by molar-refractivity contribution is 7.87. The van der Waals surface area contributed by atoms with Gasteiger partial charge in [-0.2, -0.15) is 22.5 Å². The molecule has 2 N–H and O–H groups in total. The standard InChI is InChI=1S/C11H21N5O2S/c1-9-11(10(2)15(3)14-9)8-13-19(17,18)16-6-4-12-5-7-16/h12-13H,4-8H2,1-3H3. The molecule has 0 unspecified atom stereocenters. The van der Waals surface area contributed by atoms with Gasteiger partial charge in [0.2, 0.25) is 0 Å². The Hall–Kier alpha value is -0.960. The summed E-state index contributed by atoms with van der Waals surface area (Å²) in [7, 11) is -1.54. The van der Waals surface area contributed by atoms with Gasteiger partial charge in [-0.05, 0) is 13.8 Å². The highest BCUT2D eigenvalue weighted by Gasteiger charge is 2.24. The first-order valence-corrected chi connectivity index (χ1v) is 7.80. The molecule has 2 rings (SSSR count). The SMILES string of the molecule is Cc1nn(C)c(C)c1CNS(=O)(=O)N1CCNCC1. The molecular weight excluding hydrogens is 266 g/mol. The van der Waals surface area contributed by atoms with Crippen LogP contribution in [0.1, 0.15) is 17.0 Å². The Labute approximate surface area is 114 Å². The number of nitrogens with one attached hydrogen (secondary N) is 2. The predicted octanol–water partition coefficient (Wildman–Crippen LogP) is -0.723. The molecular formula is C11H21N5O2S. The third-order valence-corrected chi connectivity index (χ3v) is 5.06. The monoisotopic (exact) mass is 287 g/mol.